The van der Waals surface area contributed by atoms with Crippen molar-refractivity contribution in [3.05, 3.63) is 0 Å². The highest BCUT2D eigenvalue weighted by atomic mass is 16.3. The van der Waals surface area contributed by atoms with E-state index in [0.29, 0.717) is 13.2 Å². The van der Waals surface area contributed by atoms with Crippen LogP contribution < -0.4 is 0 Å². The Hall–Kier alpha value is -0.0800. The summed E-state index contributed by atoms with van der Waals surface area (Å²) in [6.07, 6.45) is 9.46. The maximum absolute atomic E-state index is 10.3. The second-order valence-corrected chi connectivity index (χ2v) is 8.31. The predicted molar refractivity (Wildman–Crippen MR) is 72.3 cm³/mol. The molecule has 2 N–H and O–H groups in total. The predicted octanol–water partition coefficient (Wildman–Crippen LogP) is 2.44. The van der Waals surface area contributed by atoms with Crippen LogP contribution in [0.2, 0.25) is 0 Å². The van der Waals surface area contributed by atoms with Crippen LogP contribution in [0.15, 0.2) is 0 Å². The summed E-state index contributed by atoms with van der Waals surface area (Å²) < 4.78 is 0. The van der Waals surface area contributed by atoms with Crippen molar-refractivity contribution in [3.8, 4) is 0 Å². The largest absolute Gasteiger partial charge is 0.396 e. The third-order valence-corrected chi connectivity index (χ3v) is 8.65. The van der Waals surface area contributed by atoms with E-state index in [4.69, 9.17) is 0 Å². The smallest absolute Gasteiger partial charge is 0.0499 e. The molecule has 5 aliphatic rings. The number of hydrogen-bond acceptors (Lipinski definition) is 2. The Morgan fingerprint density at radius 3 is 2.26 bits per heavy atom. The highest BCUT2D eigenvalue weighted by molar-refractivity contribution is 5.29. The summed E-state index contributed by atoms with van der Waals surface area (Å²) in [4.78, 5) is 0. The first-order chi connectivity index (χ1) is 9.30. The molecule has 2 nitrogen and oxygen atoms in total. The van der Waals surface area contributed by atoms with Crippen molar-refractivity contribution >= 4 is 0 Å². The minimum Gasteiger partial charge on any atom is -0.396 e. The molecule has 0 aromatic heterocycles. The molecule has 8 unspecified atom stereocenters. The van der Waals surface area contributed by atoms with Gasteiger partial charge in [0.15, 0.2) is 0 Å². The van der Waals surface area contributed by atoms with Gasteiger partial charge in [0.1, 0.15) is 0 Å². The summed E-state index contributed by atoms with van der Waals surface area (Å²) in [6.45, 7) is 0.712. The fraction of sp³-hybridized carbons (Fsp3) is 1.00. The topological polar surface area (TPSA) is 40.5 Å². The molecule has 0 aromatic rings. The first-order valence-corrected chi connectivity index (χ1v) is 8.52. The molecule has 19 heavy (non-hydrogen) atoms. The van der Waals surface area contributed by atoms with Gasteiger partial charge in [-0.15, -0.1) is 0 Å². The molecule has 0 aliphatic heterocycles. The van der Waals surface area contributed by atoms with Gasteiger partial charge < -0.3 is 10.2 Å². The van der Waals surface area contributed by atoms with Crippen molar-refractivity contribution in [1.82, 2.24) is 0 Å². The van der Waals surface area contributed by atoms with E-state index in [2.05, 4.69) is 0 Å². The van der Waals surface area contributed by atoms with Crippen LogP contribution in [0, 0.1) is 46.3 Å². The number of hydrogen-bond donors (Lipinski definition) is 2. The monoisotopic (exact) mass is 262 g/mol. The first-order valence-electron chi connectivity index (χ1n) is 8.52. The van der Waals surface area contributed by atoms with Gasteiger partial charge in [-0.2, -0.15) is 0 Å². The van der Waals surface area contributed by atoms with Gasteiger partial charge in [0.2, 0.25) is 0 Å². The zero-order chi connectivity index (χ0) is 12.8. The Morgan fingerprint density at radius 1 is 0.789 bits per heavy atom. The molecule has 5 aliphatic carbocycles. The Morgan fingerprint density at radius 2 is 1.53 bits per heavy atom. The van der Waals surface area contributed by atoms with Crippen molar-refractivity contribution in [2.45, 2.75) is 44.9 Å². The highest BCUT2D eigenvalue weighted by Crippen LogP contribution is 2.85. The van der Waals surface area contributed by atoms with Gasteiger partial charge in [0, 0.05) is 24.0 Å². The van der Waals surface area contributed by atoms with Crippen LogP contribution in [-0.2, 0) is 0 Å². The zero-order valence-corrected chi connectivity index (χ0v) is 11.7. The quantitative estimate of drug-likeness (QED) is 0.750. The average molecular weight is 262 g/mol. The maximum Gasteiger partial charge on any atom is 0.0499 e. The van der Waals surface area contributed by atoms with Crippen molar-refractivity contribution in [2.75, 3.05) is 13.2 Å². The summed E-state index contributed by atoms with van der Waals surface area (Å²) in [5, 5.41) is 20.6. The number of fused-ring (bicyclic) bond motifs is 11. The molecule has 106 valence electrons. The second kappa shape index (κ2) is 3.39. The lowest BCUT2D eigenvalue weighted by Crippen LogP contribution is -2.67. The lowest BCUT2D eigenvalue weighted by molar-refractivity contribution is -0.240. The van der Waals surface area contributed by atoms with E-state index in [1.54, 1.807) is 0 Å². The van der Waals surface area contributed by atoms with E-state index in [1.165, 1.54) is 44.9 Å². The molecule has 0 spiro atoms. The van der Waals surface area contributed by atoms with Crippen molar-refractivity contribution < 1.29 is 10.2 Å². The normalized spacial score (nSPS) is 64.7. The Bertz CT molecular complexity index is 417. The third kappa shape index (κ3) is 0.929. The van der Waals surface area contributed by atoms with E-state index in [9.17, 15) is 10.2 Å². The van der Waals surface area contributed by atoms with Gasteiger partial charge >= 0.3 is 0 Å². The maximum atomic E-state index is 10.3. The molecule has 5 rings (SSSR count). The molecule has 0 saturated heterocycles. The van der Waals surface area contributed by atoms with E-state index in [0.717, 1.165) is 35.5 Å². The molecule has 0 aromatic carbocycles. The third-order valence-electron chi connectivity index (χ3n) is 8.65. The number of aliphatic hydroxyl groups excluding tert-OH is 2. The van der Waals surface area contributed by atoms with E-state index >= 15 is 0 Å². The lowest BCUT2D eigenvalue weighted by Gasteiger charge is -2.67. The van der Waals surface area contributed by atoms with Gasteiger partial charge in [-0.05, 0) is 67.6 Å². The summed E-state index contributed by atoms with van der Waals surface area (Å²) in [7, 11) is 0. The highest BCUT2D eigenvalue weighted by Gasteiger charge is 2.82. The lowest BCUT2D eigenvalue weighted by atomic mass is 9.37. The van der Waals surface area contributed by atoms with Crippen LogP contribution in [0.25, 0.3) is 0 Å². The molecular formula is C17H26O2. The van der Waals surface area contributed by atoms with Gasteiger partial charge in [-0.1, -0.05) is 12.8 Å². The molecule has 0 heterocycles. The summed E-state index contributed by atoms with van der Waals surface area (Å²) in [5.41, 5.74) is 0.253. The number of rotatable bonds is 2. The summed E-state index contributed by atoms with van der Waals surface area (Å²) >= 11 is 0. The Balaban J connectivity index is 1.67. The fourth-order valence-electron chi connectivity index (χ4n) is 8.52. The Labute approximate surface area is 115 Å². The first kappa shape index (κ1) is 11.6. The second-order valence-electron chi connectivity index (χ2n) is 8.31. The van der Waals surface area contributed by atoms with Crippen LogP contribution >= 0.6 is 0 Å². The van der Waals surface area contributed by atoms with Crippen LogP contribution in [0.5, 0.6) is 0 Å². The number of aliphatic hydroxyl groups is 2. The van der Waals surface area contributed by atoms with E-state index < -0.39 is 0 Å². The van der Waals surface area contributed by atoms with Crippen LogP contribution in [0.1, 0.15) is 44.9 Å². The van der Waals surface area contributed by atoms with Crippen molar-refractivity contribution in [3.63, 3.8) is 0 Å². The molecule has 5 fully saturated rings. The van der Waals surface area contributed by atoms with Gasteiger partial charge in [-0.25, -0.2) is 0 Å². The van der Waals surface area contributed by atoms with Crippen LogP contribution in [0.3, 0.4) is 0 Å². The minimum atomic E-state index is 0.115. The fourth-order valence-corrected chi connectivity index (χ4v) is 8.52. The standard InChI is InChI=1S/C17H26O2/c18-8-16-7-12(10-3-1-5-13(10)16)15-11-4-2-6-14(11)17(15,16)9-19/h10-15,18-19H,1-9H2. The minimum absolute atomic E-state index is 0.115. The Kier molecular flexibility index (Phi) is 2.06. The van der Waals surface area contributed by atoms with Crippen molar-refractivity contribution in [2.24, 2.45) is 46.3 Å². The molecule has 0 radical (unpaired) electrons. The average Bonchev–Trinajstić information content (AvgIpc) is 3.12. The van der Waals surface area contributed by atoms with E-state index in [1.807, 2.05) is 0 Å². The van der Waals surface area contributed by atoms with Gasteiger partial charge in [-0.3, -0.25) is 0 Å². The molecule has 2 bridgehead atoms. The summed E-state index contributed by atoms with van der Waals surface area (Å²) in [5.74, 6) is 4.93. The van der Waals surface area contributed by atoms with Crippen LogP contribution in [0.4, 0.5) is 0 Å². The molecule has 5 saturated carbocycles. The van der Waals surface area contributed by atoms with Crippen molar-refractivity contribution in [1.29, 1.82) is 0 Å². The zero-order valence-electron chi connectivity index (χ0n) is 11.7. The van der Waals surface area contributed by atoms with Crippen LogP contribution in [-0.4, -0.2) is 23.4 Å². The molecule has 8 atom stereocenters. The molecule has 0 amide bonds. The summed E-state index contributed by atoms with van der Waals surface area (Å²) in [6, 6.07) is 0. The SMILES string of the molecule is OCC12CC(C3CCCC31)C1C3CCCC3C12CO. The van der Waals surface area contributed by atoms with Gasteiger partial charge in [0.25, 0.3) is 0 Å². The van der Waals surface area contributed by atoms with E-state index in [-0.39, 0.29) is 10.8 Å². The molecule has 2 heteroatoms. The van der Waals surface area contributed by atoms with Gasteiger partial charge in [0.05, 0.1) is 0 Å². The molecular weight excluding hydrogens is 236 g/mol.